The summed E-state index contributed by atoms with van der Waals surface area (Å²) >= 11 is 0. The number of hydrogen-bond donors (Lipinski definition) is 1. The molecule has 1 aliphatic rings. The standard InChI is InChI=1S/C17H15NO2/c1-10-13-5-3-2-4-11(13)8-14-15(19)9-16(20-17(10)14)18-12-6-7-12/h2-5,8-9,12,18H,6-7H2,1H3. The summed E-state index contributed by atoms with van der Waals surface area (Å²) in [5.41, 5.74) is 1.73. The van der Waals surface area contributed by atoms with Crippen molar-refractivity contribution in [3.05, 3.63) is 52.2 Å². The van der Waals surface area contributed by atoms with Crippen LogP contribution in [0.3, 0.4) is 0 Å². The smallest absolute Gasteiger partial charge is 0.197 e. The van der Waals surface area contributed by atoms with Crippen molar-refractivity contribution in [2.45, 2.75) is 25.8 Å². The second kappa shape index (κ2) is 4.10. The molecule has 0 unspecified atom stereocenters. The number of hydrogen-bond acceptors (Lipinski definition) is 3. The Morgan fingerprint density at radius 3 is 2.75 bits per heavy atom. The maximum atomic E-state index is 12.3. The van der Waals surface area contributed by atoms with Gasteiger partial charge in [0.1, 0.15) is 5.58 Å². The van der Waals surface area contributed by atoms with E-state index in [1.165, 1.54) is 0 Å². The van der Waals surface area contributed by atoms with E-state index in [9.17, 15) is 4.79 Å². The summed E-state index contributed by atoms with van der Waals surface area (Å²) in [6.07, 6.45) is 2.30. The van der Waals surface area contributed by atoms with Gasteiger partial charge in [-0.25, -0.2) is 0 Å². The highest BCUT2D eigenvalue weighted by Gasteiger charge is 2.22. The van der Waals surface area contributed by atoms with Gasteiger partial charge in [0.25, 0.3) is 0 Å². The molecule has 2 aromatic carbocycles. The summed E-state index contributed by atoms with van der Waals surface area (Å²) in [5, 5.41) is 6.12. The van der Waals surface area contributed by atoms with Gasteiger partial charge in [-0.1, -0.05) is 24.3 Å². The molecule has 1 aliphatic carbocycles. The summed E-state index contributed by atoms with van der Waals surface area (Å²) < 4.78 is 5.92. The van der Waals surface area contributed by atoms with E-state index in [0.29, 0.717) is 22.9 Å². The molecule has 0 radical (unpaired) electrons. The third-order valence-electron chi connectivity index (χ3n) is 3.91. The molecule has 1 fully saturated rings. The highest BCUT2D eigenvalue weighted by atomic mass is 16.3. The lowest BCUT2D eigenvalue weighted by atomic mass is 10.0. The van der Waals surface area contributed by atoms with Crippen molar-refractivity contribution in [2.24, 2.45) is 0 Å². The van der Waals surface area contributed by atoms with Crippen LogP contribution in [0.4, 0.5) is 5.88 Å². The Balaban J connectivity index is 2.04. The quantitative estimate of drug-likeness (QED) is 0.716. The number of nitrogens with one attached hydrogen (secondary N) is 1. The zero-order valence-corrected chi connectivity index (χ0v) is 11.3. The van der Waals surface area contributed by atoms with Gasteiger partial charge < -0.3 is 9.73 Å². The summed E-state index contributed by atoms with van der Waals surface area (Å²) in [7, 11) is 0. The maximum Gasteiger partial charge on any atom is 0.197 e. The SMILES string of the molecule is Cc1c2ccccc2cc2c(=O)cc(NC3CC3)oc12. The Bertz CT molecular complexity index is 875. The summed E-state index contributed by atoms with van der Waals surface area (Å²) in [6.45, 7) is 2.01. The van der Waals surface area contributed by atoms with Crippen LogP contribution in [-0.4, -0.2) is 6.04 Å². The van der Waals surface area contributed by atoms with Crippen LogP contribution in [0.5, 0.6) is 0 Å². The van der Waals surface area contributed by atoms with Crippen LogP contribution >= 0.6 is 0 Å². The monoisotopic (exact) mass is 265 g/mol. The lowest BCUT2D eigenvalue weighted by Gasteiger charge is -2.09. The van der Waals surface area contributed by atoms with Crippen molar-refractivity contribution in [1.82, 2.24) is 0 Å². The number of aryl methyl sites for hydroxylation is 1. The fourth-order valence-electron chi connectivity index (χ4n) is 2.66. The molecule has 0 atom stereocenters. The van der Waals surface area contributed by atoms with Gasteiger partial charge in [0.15, 0.2) is 11.3 Å². The largest absolute Gasteiger partial charge is 0.440 e. The molecule has 0 spiro atoms. The average molecular weight is 265 g/mol. The zero-order valence-electron chi connectivity index (χ0n) is 11.3. The second-order valence-electron chi connectivity index (χ2n) is 5.49. The molecule has 20 heavy (non-hydrogen) atoms. The van der Waals surface area contributed by atoms with E-state index in [0.717, 1.165) is 29.2 Å². The van der Waals surface area contributed by atoms with Crippen molar-refractivity contribution in [3.63, 3.8) is 0 Å². The van der Waals surface area contributed by atoms with Gasteiger partial charge in [-0.3, -0.25) is 4.79 Å². The molecule has 1 heterocycles. The van der Waals surface area contributed by atoms with Gasteiger partial charge in [0.2, 0.25) is 0 Å². The Morgan fingerprint density at radius 1 is 1.15 bits per heavy atom. The Kier molecular flexibility index (Phi) is 2.36. The van der Waals surface area contributed by atoms with Crippen LogP contribution in [-0.2, 0) is 0 Å². The van der Waals surface area contributed by atoms with E-state index in [-0.39, 0.29) is 5.43 Å². The Labute approximate surface area is 116 Å². The van der Waals surface area contributed by atoms with Crippen LogP contribution in [0.15, 0.2) is 45.6 Å². The van der Waals surface area contributed by atoms with E-state index >= 15 is 0 Å². The zero-order chi connectivity index (χ0) is 13.7. The topological polar surface area (TPSA) is 42.2 Å². The maximum absolute atomic E-state index is 12.3. The first-order valence-electron chi connectivity index (χ1n) is 6.95. The predicted molar refractivity (Wildman–Crippen MR) is 81.4 cm³/mol. The molecule has 3 nitrogen and oxygen atoms in total. The van der Waals surface area contributed by atoms with E-state index in [2.05, 4.69) is 11.4 Å². The van der Waals surface area contributed by atoms with E-state index < -0.39 is 0 Å². The normalized spacial score (nSPS) is 14.8. The second-order valence-corrected chi connectivity index (χ2v) is 5.49. The predicted octanol–water partition coefficient (Wildman–Crippen LogP) is 3.83. The van der Waals surface area contributed by atoms with Gasteiger partial charge in [0.05, 0.1) is 5.39 Å². The molecule has 0 saturated heterocycles. The van der Waals surface area contributed by atoms with Crippen molar-refractivity contribution in [2.75, 3.05) is 5.32 Å². The molecule has 0 aliphatic heterocycles. The lowest BCUT2D eigenvalue weighted by Crippen LogP contribution is -2.07. The fourth-order valence-corrected chi connectivity index (χ4v) is 2.66. The Hall–Kier alpha value is -2.29. The van der Waals surface area contributed by atoms with Gasteiger partial charge in [-0.15, -0.1) is 0 Å². The first-order valence-corrected chi connectivity index (χ1v) is 6.95. The summed E-state index contributed by atoms with van der Waals surface area (Å²) in [5.74, 6) is 0.586. The molecule has 0 bridgehead atoms. The fraction of sp³-hybridized carbons (Fsp3) is 0.235. The molecule has 3 aromatic rings. The van der Waals surface area contributed by atoms with Gasteiger partial charge in [0, 0.05) is 17.7 Å². The molecule has 1 N–H and O–H groups in total. The van der Waals surface area contributed by atoms with Crippen molar-refractivity contribution in [1.29, 1.82) is 0 Å². The van der Waals surface area contributed by atoms with Crippen LogP contribution in [0.1, 0.15) is 18.4 Å². The summed E-state index contributed by atoms with van der Waals surface area (Å²) in [6, 6.07) is 12.0. The minimum absolute atomic E-state index is 0.0169. The molecule has 0 amide bonds. The number of anilines is 1. The van der Waals surface area contributed by atoms with Gasteiger partial charge in [-0.2, -0.15) is 0 Å². The molecule has 4 rings (SSSR count). The van der Waals surface area contributed by atoms with Crippen LogP contribution < -0.4 is 10.7 Å². The van der Waals surface area contributed by atoms with Crippen LogP contribution in [0, 0.1) is 6.92 Å². The number of fused-ring (bicyclic) bond motifs is 2. The van der Waals surface area contributed by atoms with Crippen molar-refractivity contribution >= 4 is 27.6 Å². The van der Waals surface area contributed by atoms with Gasteiger partial charge >= 0.3 is 0 Å². The molecule has 3 heteroatoms. The molecular weight excluding hydrogens is 250 g/mol. The van der Waals surface area contributed by atoms with E-state index in [1.807, 2.05) is 31.2 Å². The molecule has 100 valence electrons. The van der Waals surface area contributed by atoms with Crippen molar-refractivity contribution < 1.29 is 4.42 Å². The van der Waals surface area contributed by atoms with E-state index in [4.69, 9.17) is 4.42 Å². The minimum atomic E-state index is 0.0169. The highest BCUT2D eigenvalue weighted by Crippen LogP contribution is 2.29. The lowest BCUT2D eigenvalue weighted by molar-refractivity contribution is 0.612. The van der Waals surface area contributed by atoms with Crippen molar-refractivity contribution in [3.8, 4) is 0 Å². The first kappa shape index (κ1) is 11.5. The third kappa shape index (κ3) is 1.78. The molecular formula is C17H15NO2. The molecule has 1 saturated carbocycles. The summed E-state index contributed by atoms with van der Waals surface area (Å²) in [4.78, 5) is 12.3. The van der Waals surface area contributed by atoms with E-state index in [1.54, 1.807) is 6.07 Å². The minimum Gasteiger partial charge on any atom is -0.440 e. The third-order valence-corrected chi connectivity index (χ3v) is 3.91. The number of rotatable bonds is 2. The average Bonchev–Trinajstić information content (AvgIpc) is 3.25. The number of benzene rings is 2. The highest BCUT2D eigenvalue weighted by molar-refractivity contribution is 5.99. The van der Waals surface area contributed by atoms with Crippen LogP contribution in [0.2, 0.25) is 0 Å². The molecule has 1 aromatic heterocycles. The first-order chi connectivity index (χ1) is 9.72. The van der Waals surface area contributed by atoms with Gasteiger partial charge in [-0.05, 0) is 36.6 Å². The Morgan fingerprint density at radius 2 is 1.95 bits per heavy atom. The van der Waals surface area contributed by atoms with Crippen LogP contribution in [0.25, 0.3) is 21.7 Å².